The first-order chi connectivity index (χ1) is 31.7. The van der Waals surface area contributed by atoms with Crippen LogP contribution in [-0.2, 0) is 11.6 Å². The van der Waals surface area contributed by atoms with E-state index in [1.54, 1.807) is 6.92 Å². The number of hydrogen-bond acceptors (Lipinski definition) is 0. The second-order valence-corrected chi connectivity index (χ2v) is 18.5. The van der Waals surface area contributed by atoms with Crippen molar-refractivity contribution in [2.75, 3.05) is 0 Å². The van der Waals surface area contributed by atoms with Gasteiger partial charge in [0.15, 0.2) is 0 Å². The van der Waals surface area contributed by atoms with Crippen molar-refractivity contribution in [2.24, 2.45) is 5.92 Å². The van der Waals surface area contributed by atoms with Crippen LogP contribution in [0.4, 0.5) is 13.2 Å². The van der Waals surface area contributed by atoms with E-state index < -0.39 is 11.7 Å². The molecule has 3 heteroatoms. The van der Waals surface area contributed by atoms with Crippen molar-refractivity contribution in [3.8, 4) is 11.1 Å². The van der Waals surface area contributed by atoms with Gasteiger partial charge in [-0.05, 0) is 157 Å². The van der Waals surface area contributed by atoms with E-state index in [1.807, 2.05) is 36.4 Å². The van der Waals surface area contributed by atoms with Gasteiger partial charge >= 0.3 is 6.18 Å². The van der Waals surface area contributed by atoms with Crippen LogP contribution in [0.3, 0.4) is 0 Å². The molecule has 67 heavy (non-hydrogen) atoms. The maximum Gasteiger partial charge on any atom is 0.416 e. The number of benzene rings is 5. The molecule has 0 saturated carbocycles. The first kappa shape index (κ1) is 55.4. The summed E-state index contributed by atoms with van der Waals surface area (Å²) in [7, 11) is 0. The number of aryl methyl sites for hydroxylation is 4. The van der Waals surface area contributed by atoms with Crippen molar-refractivity contribution in [2.45, 2.75) is 126 Å². The number of alkyl halides is 3. The molecule has 2 aliphatic carbocycles. The van der Waals surface area contributed by atoms with Gasteiger partial charge in [0, 0.05) is 5.41 Å². The van der Waals surface area contributed by atoms with E-state index in [0.717, 1.165) is 36.1 Å². The number of fused-ring (bicyclic) bond motifs is 3. The van der Waals surface area contributed by atoms with Gasteiger partial charge in [0.2, 0.25) is 0 Å². The predicted octanol–water partition coefficient (Wildman–Crippen LogP) is 19.9. The highest BCUT2D eigenvalue weighted by Crippen LogP contribution is 2.52. The van der Waals surface area contributed by atoms with Crippen LogP contribution in [0.5, 0.6) is 0 Å². The summed E-state index contributed by atoms with van der Waals surface area (Å²) >= 11 is 0. The highest BCUT2D eigenvalue weighted by Gasteiger charge is 2.37. The highest BCUT2D eigenvalue weighted by molar-refractivity contribution is 5.91. The van der Waals surface area contributed by atoms with Gasteiger partial charge in [-0.1, -0.05) is 219 Å². The lowest BCUT2D eigenvalue weighted by Crippen LogP contribution is -2.15. The maximum absolute atomic E-state index is 11.9. The van der Waals surface area contributed by atoms with Gasteiger partial charge < -0.3 is 0 Å². The largest absolute Gasteiger partial charge is 0.416 e. The second kappa shape index (κ2) is 25.8. The Bertz CT molecular complexity index is 2530. The number of hydrogen-bond donors (Lipinski definition) is 0. The molecule has 0 bridgehead atoms. The molecule has 0 fully saturated rings. The molecule has 5 aromatic carbocycles. The molecule has 0 spiro atoms. The molecule has 0 saturated heterocycles. The Kier molecular flexibility index (Phi) is 21.4. The van der Waals surface area contributed by atoms with Crippen LogP contribution in [0.2, 0.25) is 0 Å². The molecule has 0 radical (unpaired) electrons. The van der Waals surface area contributed by atoms with Crippen LogP contribution in [0, 0.1) is 33.6 Å². The van der Waals surface area contributed by atoms with Crippen molar-refractivity contribution in [1.82, 2.24) is 0 Å². The maximum atomic E-state index is 11.9. The summed E-state index contributed by atoms with van der Waals surface area (Å²) in [5, 5.41) is 0. The first-order valence-electron chi connectivity index (χ1n) is 23.8. The molecular weight excluding hydrogens is 826 g/mol. The van der Waals surface area contributed by atoms with Crippen molar-refractivity contribution in [1.29, 1.82) is 0 Å². The topological polar surface area (TPSA) is 0 Å². The zero-order chi connectivity index (χ0) is 50.1. The second-order valence-electron chi connectivity index (χ2n) is 18.5. The van der Waals surface area contributed by atoms with Crippen LogP contribution in [0.25, 0.3) is 28.9 Å². The normalized spacial score (nSPS) is 13.7. The minimum atomic E-state index is -4.21. The van der Waals surface area contributed by atoms with Gasteiger partial charge in [0.25, 0.3) is 0 Å². The van der Waals surface area contributed by atoms with E-state index in [2.05, 4.69) is 181 Å². The summed E-state index contributed by atoms with van der Waals surface area (Å²) in [5.41, 5.74) is 20.0. The van der Waals surface area contributed by atoms with Gasteiger partial charge in [0.05, 0.1) is 5.56 Å². The molecule has 7 rings (SSSR count). The zero-order valence-corrected chi connectivity index (χ0v) is 42.7. The molecule has 0 N–H and O–H groups in total. The van der Waals surface area contributed by atoms with E-state index in [9.17, 15) is 13.2 Å². The highest BCUT2D eigenvalue weighted by atomic mass is 19.4. The van der Waals surface area contributed by atoms with Crippen molar-refractivity contribution in [3.05, 3.63) is 232 Å². The van der Waals surface area contributed by atoms with E-state index in [4.69, 9.17) is 0 Å². The summed E-state index contributed by atoms with van der Waals surface area (Å²) < 4.78 is 35.8. The van der Waals surface area contributed by atoms with Crippen molar-refractivity contribution in [3.63, 3.8) is 0 Å². The third kappa shape index (κ3) is 15.0. The number of rotatable bonds is 9. The summed E-state index contributed by atoms with van der Waals surface area (Å²) in [6.45, 7) is 42.3. The summed E-state index contributed by atoms with van der Waals surface area (Å²) in [6, 6.07) is 33.0. The van der Waals surface area contributed by atoms with Gasteiger partial charge in [-0.3, -0.25) is 0 Å². The van der Waals surface area contributed by atoms with Crippen LogP contribution in [0.1, 0.15) is 148 Å². The average molecular weight is 903 g/mol. The van der Waals surface area contributed by atoms with Crippen LogP contribution in [0.15, 0.2) is 170 Å². The third-order valence-electron chi connectivity index (χ3n) is 12.8. The molecule has 0 amide bonds. The fourth-order valence-electron chi connectivity index (χ4n) is 8.38. The van der Waals surface area contributed by atoms with E-state index in [0.29, 0.717) is 11.8 Å². The van der Waals surface area contributed by atoms with Gasteiger partial charge in [0.1, 0.15) is 0 Å². The lowest BCUT2D eigenvalue weighted by Gasteiger charge is -2.23. The Morgan fingerprint density at radius 2 is 1.30 bits per heavy atom. The van der Waals surface area contributed by atoms with Crippen molar-refractivity contribution >= 4 is 17.7 Å². The monoisotopic (exact) mass is 903 g/mol. The van der Waals surface area contributed by atoms with Crippen molar-refractivity contribution < 1.29 is 13.2 Å². The minimum Gasteiger partial charge on any atom is -0.166 e. The van der Waals surface area contributed by atoms with Gasteiger partial charge in [-0.15, -0.1) is 0 Å². The Hall–Kier alpha value is -5.93. The Balaban J connectivity index is 0.000000235. The molecule has 0 nitrogen and oxygen atoms in total. The van der Waals surface area contributed by atoms with Gasteiger partial charge in [-0.25, -0.2) is 0 Å². The molecule has 354 valence electrons. The SMILES string of the molecule is C=C/C(CC)=C(/C)C(=C)c1ccccc1C(C)CC.C=Cc1c(C)cc2c(c1C=C)-c1ccc(C)cc1C2(C)C.CC(C)C1=CCCC=C1.Cc1ccc(C(F)(F)F)cc1.Cc1ccccc1. The molecular formula is C64H77F3. The Labute approximate surface area is 404 Å². The Morgan fingerprint density at radius 3 is 1.78 bits per heavy atom. The summed E-state index contributed by atoms with van der Waals surface area (Å²) in [4.78, 5) is 0. The zero-order valence-electron chi connectivity index (χ0n) is 42.7. The molecule has 1 unspecified atom stereocenters. The van der Waals surface area contributed by atoms with E-state index in [-0.39, 0.29) is 5.41 Å². The average Bonchev–Trinajstić information content (AvgIpc) is 3.53. The standard InChI is InChI=1S/C21H22.C19H26.C9H14.C8H7F3.C7H8/c1-7-15-14(4)12-19-20(16(15)8-2)17-10-9-13(3)11-18(17)21(19,5)6;1-7-14(4)18-12-10-11-13-19(18)16(6)15(5)17(8-2)9-3;1-8(2)9-6-4-3-5-7-9;1-6-2-4-7(5-3-6)8(9,10)11;1-7-5-3-2-4-6-7/h7-12H,1-2H2,3-6H3;8,10-14H,2,6-7,9H2,1,3-5H3;4,6-8H,3,5H2,1-2H3;2-5H,1H3;2-6H,1H3/b;17-15+;;;. The van der Waals surface area contributed by atoms with Gasteiger partial charge in [-0.2, -0.15) is 13.2 Å². The molecule has 5 aromatic rings. The number of halogens is 3. The van der Waals surface area contributed by atoms with Crippen LogP contribution >= 0.6 is 0 Å². The summed E-state index contributed by atoms with van der Waals surface area (Å²) in [6.07, 6.45) is 13.1. The van der Waals surface area contributed by atoms with E-state index >= 15 is 0 Å². The smallest absolute Gasteiger partial charge is 0.166 e. The molecule has 2 aliphatic rings. The van der Waals surface area contributed by atoms with E-state index in [1.165, 1.54) is 103 Å². The lowest BCUT2D eigenvalue weighted by atomic mass is 9.80. The quantitative estimate of drug-likeness (QED) is 0.129. The van der Waals surface area contributed by atoms with Crippen LogP contribution < -0.4 is 0 Å². The predicted molar refractivity (Wildman–Crippen MR) is 290 cm³/mol. The first-order valence-corrected chi connectivity index (χ1v) is 23.8. The summed E-state index contributed by atoms with van der Waals surface area (Å²) in [5.74, 6) is 1.27. The molecule has 0 aliphatic heterocycles. The molecule has 0 heterocycles. The minimum absolute atomic E-state index is 0.0406. The molecule has 0 aromatic heterocycles. The van der Waals surface area contributed by atoms with Crippen LogP contribution in [-0.4, -0.2) is 0 Å². The third-order valence-corrected chi connectivity index (χ3v) is 12.8. The Morgan fingerprint density at radius 1 is 0.716 bits per heavy atom. The molecule has 1 atom stereocenters. The fraction of sp³-hybridized carbons (Fsp3) is 0.312. The lowest BCUT2D eigenvalue weighted by molar-refractivity contribution is -0.137. The number of allylic oxidation sites excluding steroid dienone is 8. The fourth-order valence-corrected chi connectivity index (χ4v) is 8.38.